The lowest BCUT2D eigenvalue weighted by Crippen LogP contribution is -1.96. The van der Waals surface area contributed by atoms with Crippen LogP contribution in [0, 0.1) is 29.9 Å². The summed E-state index contributed by atoms with van der Waals surface area (Å²) in [5.41, 5.74) is 1.53. The minimum atomic E-state index is -0.777. The first kappa shape index (κ1) is 14.5. The van der Waals surface area contributed by atoms with Gasteiger partial charge in [-0.05, 0) is 42.3 Å². The molecule has 102 valence electrons. The van der Waals surface area contributed by atoms with Gasteiger partial charge in [0, 0.05) is 5.33 Å². The van der Waals surface area contributed by atoms with E-state index in [4.69, 9.17) is 10.00 Å². The van der Waals surface area contributed by atoms with Crippen molar-refractivity contribution in [1.29, 1.82) is 5.26 Å². The first-order chi connectivity index (χ1) is 9.55. The van der Waals surface area contributed by atoms with E-state index in [2.05, 4.69) is 15.9 Å². The van der Waals surface area contributed by atoms with E-state index in [0.717, 1.165) is 0 Å². The van der Waals surface area contributed by atoms with Crippen molar-refractivity contribution < 1.29 is 13.5 Å². The normalized spacial score (nSPS) is 10.2. The summed E-state index contributed by atoms with van der Waals surface area (Å²) in [5, 5.41) is 9.19. The topological polar surface area (TPSA) is 33.0 Å². The molecule has 0 saturated heterocycles. The summed E-state index contributed by atoms with van der Waals surface area (Å²) in [6.45, 7) is 1.74. The maximum atomic E-state index is 13.8. The van der Waals surface area contributed by atoms with E-state index in [9.17, 15) is 8.78 Å². The van der Waals surface area contributed by atoms with Crippen molar-refractivity contribution in [2.24, 2.45) is 0 Å². The van der Waals surface area contributed by atoms with Crippen LogP contribution in [0.15, 0.2) is 30.3 Å². The zero-order valence-corrected chi connectivity index (χ0v) is 12.2. The average molecular weight is 338 g/mol. The fraction of sp³-hybridized carbons (Fsp3) is 0.133. The fourth-order valence-corrected chi connectivity index (χ4v) is 2.00. The first-order valence-corrected chi connectivity index (χ1v) is 6.89. The maximum absolute atomic E-state index is 13.8. The third-order valence-electron chi connectivity index (χ3n) is 2.74. The molecule has 2 aromatic rings. The third-order valence-corrected chi connectivity index (χ3v) is 3.39. The summed E-state index contributed by atoms with van der Waals surface area (Å²) in [6, 6.07) is 9.09. The van der Waals surface area contributed by atoms with Crippen molar-refractivity contribution in [3.63, 3.8) is 0 Å². The monoisotopic (exact) mass is 337 g/mol. The zero-order chi connectivity index (χ0) is 14.7. The summed E-state index contributed by atoms with van der Waals surface area (Å²) in [7, 11) is 0. The van der Waals surface area contributed by atoms with Crippen molar-refractivity contribution in [3.05, 3.63) is 58.7 Å². The lowest BCUT2D eigenvalue weighted by Gasteiger charge is -2.11. The van der Waals surface area contributed by atoms with Gasteiger partial charge in [-0.1, -0.05) is 22.0 Å². The molecular formula is C15H10BrF2NO. The van der Waals surface area contributed by atoms with Gasteiger partial charge in [-0.2, -0.15) is 5.26 Å². The number of halogens is 3. The van der Waals surface area contributed by atoms with Crippen LogP contribution < -0.4 is 4.74 Å². The lowest BCUT2D eigenvalue weighted by molar-refractivity contribution is 0.404. The van der Waals surface area contributed by atoms with Crippen LogP contribution in [0.1, 0.15) is 16.7 Å². The van der Waals surface area contributed by atoms with Gasteiger partial charge in [0.15, 0.2) is 17.4 Å². The van der Waals surface area contributed by atoms with E-state index >= 15 is 0 Å². The summed E-state index contributed by atoms with van der Waals surface area (Å²) >= 11 is 3.14. The molecule has 0 N–H and O–H groups in total. The van der Waals surface area contributed by atoms with Gasteiger partial charge in [-0.3, -0.25) is 0 Å². The molecule has 0 saturated carbocycles. The molecule has 5 heteroatoms. The number of alkyl halides is 1. The van der Waals surface area contributed by atoms with Crippen LogP contribution in [-0.4, -0.2) is 0 Å². The van der Waals surface area contributed by atoms with Gasteiger partial charge < -0.3 is 4.74 Å². The van der Waals surface area contributed by atoms with Crippen LogP contribution in [0.5, 0.6) is 11.5 Å². The van der Waals surface area contributed by atoms with E-state index in [1.807, 2.05) is 6.07 Å². The summed E-state index contributed by atoms with van der Waals surface area (Å²) in [4.78, 5) is 0. The second-order valence-corrected chi connectivity index (χ2v) is 4.78. The highest BCUT2D eigenvalue weighted by Crippen LogP contribution is 2.31. The second kappa shape index (κ2) is 6.02. The van der Waals surface area contributed by atoms with E-state index in [-0.39, 0.29) is 5.75 Å². The van der Waals surface area contributed by atoms with Crippen molar-refractivity contribution in [1.82, 2.24) is 0 Å². The van der Waals surface area contributed by atoms with Crippen LogP contribution in [0.25, 0.3) is 0 Å². The molecule has 0 amide bonds. The zero-order valence-electron chi connectivity index (χ0n) is 10.6. The third kappa shape index (κ3) is 2.97. The first-order valence-electron chi connectivity index (χ1n) is 5.77. The standard InChI is InChI=1S/C15H10BrF2NO/c1-9-2-3-10(8-19)6-14(9)20-15-12(17)4-11(7-16)5-13(15)18/h2-6H,7H2,1H3. The molecule has 2 rings (SSSR count). The van der Waals surface area contributed by atoms with Crippen molar-refractivity contribution in [2.75, 3.05) is 0 Å². The molecule has 0 atom stereocenters. The Morgan fingerprint density at radius 2 is 1.85 bits per heavy atom. The average Bonchev–Trinajstić information content (AvgIpc) is 2.44. The van der Waals surface area contributed by atoms with Crippen LogP contribution >= 0.6 is 15.9 Å². The Kier molecular flexibility index (Phi) is 4.35. The Balaban J connectivity index is 2.43. The van der Waals surface area contributed by atoms with E-state index in [1.54, 1.807) is 19.1 Å². The summed E-state index contributed by atoms with van der Waals surface area (Å²) < 4.78 is 33.0. The molecule has 0 aliphatic heterocycles. The molecule has 0 aliphatic carbocycles. The Hall–Kier alpha value is -1.93. The van der Waals surface area contributed by atoms with E-state index in [1.165, 1.54) is 18.2 Å². The molecule has 0 spiro atoms. The number of hydrogen-bond acceptors (Lipinski definition) is 2. The predicted molar refractivity (Wildman–Crippen MR) is 75.0 cm³/mol. The molecule has 0 aromatic heterocycles. The fourth-order valence-electron chi connectivity index (χ4n) is 1.68. The second-order valence-electron chi connectivity index (χ2n) is 4.22. The highest BCUT2D eigenvalue weighted by Gasteiger charge is 2.14. The van der Waals surface area contributed by atoms with Crippen LogP contribution in [0.4, 0.5) is 8.78 Å². The number of nitrogens with zero attached hydrogens (tertiary/aromatic N) is 1. The molecule has 0 fully saturated rings. The number of hydrogen-bond donors (Lipinski definition) is 0. The highest BCUT2D eigenvalue weighted by atomic mass is 79.9. The van der Waals surface area contributed by atoms with Gasteiger partial charge in [0.2, 0.25) is 0 Å². The van der Waals surface area contributed by atoms with Crippen LogP contribution in [0.2, 0.25) is 0 Å². The molecule has 0 heterocycles. The molecule has 0 bridgehead atoms. The number of rotatable bonds is 3. The molecule has 2 aromatic carbocycles. The largest absolute Gasteiger partial charge is 0.451 e. The van der Waals surface area contributed by atoms with Crippen molar-refractivity contribution >= 4 is 15.9 Å². The molecule has 0 aliphatic rings. The Morgan fingerprint density at radius 1 is 1.20 bits per heavy atom. The molecule has 20 heavy (non-hydrogen) atoms. The predicted octanol–water partition coefficient (Wildman–Crippen LogP) is 4.83. The van der Waals surface area contributed by atoms with Crippen molar-refractivity contribution in [2.45, 2.75) is 12.3 Å². The lowest BCUT2D eigenvalue weighted by atomic mass is 10.1. The van der Waals surface area contributed by atoms with Gasteiger partial charge >= 0.3 is 0 Å². The molecular weight excluding hydrogens is 328 g/mol. The number of ether oxygens (including phenoxy) is 1. The number of nitriles is 1. The molecule has 0 radical (unpaired) electrons. The number of benzene rings is 2. The van der Waals surface area contributed by atoms with Crippen LogP contribution in [-0.2, 0) is 5.33 Å². The highest BCUT2D eigenvalue weighted by molar-refractivity contribution is 9.08. The van der Waals surface area contributed by atoms with Gasteiger partial charge in [0.05, 0.1) is 11.6 Å². The van der Waals surface area contributed by atoms with Gasteiger partial charge in [0.1, 0.15) is 5.75 Å². The Labute approximate surface area is 123 Å². The Morgan fingerprint density at radius 3 is 2.40 bits per heavy atom. The summed E-state index contributed by atoms with van der Waals surface area (Å²) in [5.74, 6) is -1.76. The van der Waals surface area contributed by atoms with Gasteiger partial charge in [0.25, 0.3) is 0 Å². The number of aryl methyl sites for hydroxylation is 1. The minimum absolute atomic E-state index is 0.258. The van der Waals surface area contributed by atoms with Gasteiger partial charge in [-0.15, -0.1) is 0 Å². The van der Waals surface area contributed by atoms with E-state index < -0.39 is 17.4 Å². The quantitative estimate of drug-likeness (QED) is 0.751. The molecule has 2 nitrogen and oxygen atoms in total. The van der Waals surface area contributed by atoms with Gasteiger partial charge in [-0.25, -0.2) is 8.78 Å². The minimum Gasteiger partial charge on any atom is -0.451 e. The smallest absolute Gasteiger partial charge is 0.198 e. The maximum Gasteiger partial charge on any atom is 0.198 e. The van der Waals surface area contributed by atoms with E-state index in [0.29, 0.717) is 22.0 Å². The van der Waals surface area contributed by atoms with Crippen molar-refractivity contribution in [3.8, 4) is 17.6 Å². The molecule has 0 unspecified atom stereocenters. The summed E-state index contributed by atoms with van der Waals surface area (Å²) in [6.07, 6.45) is 0. The SMILES string of the molecule is Cc1ccc(C#N)cc1Oc1c(F)cc(CBr)cc1F. The van der Waals surface area contributed by atoms with Crippen LogP contribution in [0.3, 0.4) is 0 Å². The Bertz CT molecular complexity index is 672.